The van der Waals surface area contributed by atoms with Crippen LogP contribution in [-0.2, 0) is 4.74 Å². The quantitative estimate of drug-likeness (QED) is 0.677. The fraction of sp³-hybridized carbons (Fsp3) is 0.294. The number of carbonyl (C=O) groups is 1. The van der Waals surface area contributed by atoms with Crippen molar-refractivity contribution in [2.75, 3.05) is 18.1 Å². The normalized spacial score (nSPS) is 17.2. The molecule has 0 saturated carbocycles. The lowest BCUT2D eigenvalue weighted by atomic mass is 10.2. The number of benzene rings is 1. The maximum Gasteiger partial charge on any atom is 0.338 e. The van der Waals surface area contributed by atoms with Crippen LogP contribution in [0.3, 0.4) is 0 Å². The maximum absolute atomic E-state index is 13.2. The van der Waals surface area contributed by atoms with Crippen LogP contribution in [0.2, 0.25) is 0 Å². The second kappa shape index (κ2) is 6.46. The predicted octanol–water partition coefficient (Wildman–Crippen LogP) is 2.09. The van der Waals surface area contributed by atoms with Crippen LogP contribution < -0.4 is 4.90 Å². The van der Waals surface area contributed by atoms with Gasteiger partial charge in [0.05, 0.1) is 11.6 Å². The van der Waals surface area contributed by atoms with Crippen LogP contribution in [0.25, 0.3) is 5.78 Å². The van der Waals surface area contributed by atoms with Gasteiger partial charge in [0.15, 0.2) is 0 Å². The van der Waals surface area contributed by atoms with E-state index in [0.717, 1.165) is 25.2 Å². The zero-order valence-corrected chi connectivity index (χ0v) is 13.4. The molecule has 0 radical (unpaired) electrons. The van der Waals surface area contributed by atoms with E-state index in [-0.39, 0.29) is 18.2 Å². The van der Waals surface area contributed by atoms with Crippen molar-refractivity contribution in [3.63, 3.8) is 0 Å². The molecule has 8 heteroatoms. The number of aromatic nitrogens is 4. The van der Waals surface area contributed by atoms with Gasteiger partial charge in [-0.05, 0) is 37.1 Å². The summed E-state index contributed by atoms with van der Waals surface area (Å²) < 4.78 is 20.3. The first kappa shape index (κ1) is 15.5. The van der Waals surface area contributed by atoms with Crippen LogP contribution in [-0.4, -0.2) is 44.7 Å². The second-order valence-electron chi connectivity index (χ2n) is 5.87. The summed E-state index contributed by atoms with van der Waals surface area (Å²) in [5.41, 5.74) is 0.215. The number of hydrogen-bond donors (Lipinski definition) is 0. The Morgan fingerprint density at radius 2 is 2.24 bits per heavy atom. The molecule has 1 fully saturated rings. The third kappa shape index (κ3) is 3.02. The number of esters is 1. The van der Waals surface area contributed by atoms with E-state index >= 15 is 0 Å². The van der Waals surface area contributed by atoms with Gasteiger partial charge in [0, 0.05) is 12.7 Å². The monoisotopic (exact) mass is 341 g/mol. The third-order valence-corrected chi connectivity index (χ3v) is 4.30. The minimum Gasteiger partial charge on any atom is -0.460 e. The molecule has 0 amide bonds. The predicted molar refractivity (Wildman–Crippen MR) is 87.8 cm³/mol. The molecule has 0 bridgehead atoms. The van der Waals surface area contributed by atoms with Gasteiger partial charge in [0.1, 0.15) is 24.6 Å². The molecular formula is C17H16FN5O2. The molecule has 1 aromatic carbocycles. The Kier molecular flexibility index (Phi) is 4.01. The summed E-state index contributed by atoms with van der Waals surface area (Å²) in [7, 11) is 0. The van der Waals surface area contributed by atoms with Gasteiger partial charge in [-0.1, -0.05) is 6.07 Å². The Balaban J connectivity index is 1.49. The molecule has 3 aromatic rings. The van der Waals surface area contributed by atoms with Crippen molar-refractivity contribution < 1.29 is 13.9 Å². The molecular weight excluding hydrogens is 325 g/mol. The highest BCUT2D eigenvalue weighted by Gasteiger charge is 2.28. The van der Waals surface area contributed by atoms with E-state index in [9.17, 15) is 9.18 Å². The van der Waals surface area contributed by atoms with Crippen molar-refractivity contribution in [2.24, 2.45) is 0 Å². The van der Waals surface area contributed by atoms with E-state index < -0.39 is 11.8 Å². The minimum atomic E-state index is -0.521. The van der Waals surface area contributed by atoms with Crippen LogP contribution in [0.5, 0.6) is 0 Å². The number of anilines is 1. The molecule has 0 aliphatic carbocycles. The fourth-order valence-corrected chi connectivity index (χ4v) is 3.12. The van der Waals surface area contributed by atoms with E-state index in [4.69, 9.17) is 4.74 Å². The first-order valence-corrected chi connectivity index (χ1v) is 8.06. The summed E-state index contributed by atoms with van der Waals surface area (Å²) in [6, 6.07) is 7.41. The lowest BCUT2D eigenvalue weighted by molar-refractivity contribution is 0.0482. The van der Waals surface area contributed by atoms with Gasteiger partial charge in [-0.15, -0.1) is 0 Å². The van der Waals surface area contributed by atoms with Gasteiger partial charge in [-0.2, -0.15) is 14.6 Å². The number of rotatable bonds is 4. The van der Waals surface area contributed by atoms with Crippen LogP contribution in [0, 0.1) is 5.82 Å². The zero-order valence-electron chi connectivity index (χ0n) is 13.4. The zero-order chi connectivity index (χ0) is 17.2. The third-order valence-electron chi connectivity index (χ3n) is 4.30. The van der Waals surface area contributed by atoms with Gasteiger partial charge in [-0.25, -0.2) is 14.2 Å². The van der Waals surface area contributed by atoms with Crippen molar-refractivity contribution in [2.45, 2.75) is 18.9 Å². The van der Waals surface area contributed by atoms with E-state index in [2.05, 4.69) is 20.0 Å². The van der Waals surface area contributed by atoms with Crippen LogP contribution in [0.4, 0.5) is 10.2 Å². The van der Waals surface area contributed by atoms with Crippen LogP contribution >= 0.6 is 0 Å². The van der Waals surface area contributed by atoms with Gasteiger partial charge in [0.2, 0.25) is 0 Å². The molecule has 3 heterocycles. The number of halogens is 1. The molecule has 4 rings (SSSR count). The summed E-state index contributed by atoms with van der Waals surface area (Å²) in [5, 5.41) is 4.20. The van der Waals surface area contributed by atoms with Gasteiger partial charge in [0.25, 0.3) is 5.78 Å². The molecule has 128 valence electrons. The highest BCUT2D eigenvalue weighted by atomic mass is 19.1. The number of nitrogens with zero attached hydrogens (tertiary/aromatic N) is 5. The van der Waals surface area contributed by atoms with Crippen molar-refractivity contribution in [3.05, 3.63) is 54.2 Å². The summed E-state index contributed by atoms with van der Waals surface area (Å²) in [6.45, 7) is 1.06. The van der Waals surface area contributed by atoms with Crippen molar-refractivity contribution in [1.29, 1.82) is 0 Å². The summed E-state index contributed by atoms with van der Waals surface area (Å²) >= 11 is 0. The molecule has 0 spiro atoms. The maximum atomic E-state index is 13.2. The highest BCUT2D eigenvalue weighted by Crippen LogP contribution is 2.25. The average Bonchev–Trinajstić information content (AvgIpc) is 3.28. The Morgan fingerprint density at radius 1 is 1.32 bits per heavy atom. The molecule has 1 saturated heterocycles. The van der Waals surface area contributed by atoms with Gasteiger partial charge < -0.3 is 9.64 Å². The molecule has 1 aliphatic rings. The number of fused-ring (bicyclic) bond motifs is 1. The summed E-state index contributed by atoms with van der Waals surface area (Å²) in [4.78, 5) is 22.5. The molecule has 1 unspecified atom stereocenters. The smallest absolute Gasteiger partial charge is 0.338 e. The van der Waals surface area contributed by atoms with E-state index in [1.807, 2.05) is 6.07 Å². The standard InChI is InChI=1S/C17H16FN5O2/c18-13-4-1-3-12(9-13)16(24)25-10-14-5-2-8-22(14)15-6-7-19-17-20-11-21-23(15)17/h1,3-4,6-7,9,11,14H,2,5,8,10H2. The summed E-state index contributed by atoms with van der Waals surface area (Å²) in [6.07, 6.45) is 5.03. The first-order valence-electron chi connectivity index (χ1n) is 8.06. The van der Waals surface area contributed by atoms with Crippen LogP contribution in [0.15, 0.2) is 42.9 Å². The van der Waals surface area contributed by atoms with Gasteiger partial charge >= 0.3 is 5.97 Å². The van der Waals surface area contributed by atoms with Crippen molar-refractivity contribution in [3.8, 4) is 0 Å². The summed E-state index contributed by atoms with van der Waals surface area (Å²) in [5.74, 6) is 0.418. The lowest BCUT2D eigenvalue weighted by Crippen LogP contribution is -2.35. The van der Waals surface area contributed by atoms with Crippen molar-refractivity contribution >= 4 is 17.6 Å². The number of carbonyl (C=O) groups excluding carboxylic acids is 1. The van der Waals surface area contributed by atoms with Gasteiger partial charge in [-0.3, -0.25) is 0 Å². The fourth-order valence-electron chi connectivity index (χ4n) is 3.12. The Bertz CT molecular complexity index is 913. The Morgan fingerprint density at radius 3 is 3.12 bits per heavy atom. The Labute approximate surface area is 143 Å². The molecule has 2 aromatic heterocycles. The number of hydrogen-bond acceptors (Lipinski definition) is 6. The van der Waals surface area contributed by atoms with Crippen LogP contribution in [0.1, 0.15) is 23.2 Å². The molecule has 1 atom stereocenters. The average molecular weight is 341 g/mol. The lowest BCUT2D eigenvalue weighted by Gasteiger charge is -2.26. The van der Waals surface area contributed by atoms with Crippen molar-refractivity contribution in [1.82, 2.24) is 19.6 Å². The number of ether oxygens (including phenoxy) is 1. The largest absolute Gasteiger partial charge is 0.460 e. The SMILES string of the molecule is O=C(OCC1CCCN1c1ccnc2ncnn12)c1cccc(F)c1. The van der Waals surface area contributed by atoms with E-state index in [1.54, 1.807) is 16.8 Å². The van der Waals surface area contributed by atoms with E-state index in [0.29, 0.717) is 5.78 Å². The van der Waals surface area contributed by atoms with E-state index in [1.165, 1.54) is 24.5 Å². The molecule has 7 nitrogen and oxygen atoms in total. The molecule has 1 aliphatic heterocycles. The molecule has 0 N–H and O–H groups in total. The molecule has 25 heavy (non-hydrogen) atoms. The highest BCUT2D eigenvalue weighted by molar-refractivity contribution is 5.89. The second-order valence-corrected chi connectivity index (χ2v) is 5.87. The minimum absolute atomic E-state index is 0.0345. The topological polar surface area (TPSA) is 72.6 Å². The first-order chi connectivity index (χ1) is 12.2. The Hall–Kier alpha value is -3.03.